The number of imidazole rings is 1. The van der Waals surface area contributed by atoms with Crippen molar-refractivity contribution in [1.82, 2.24) is 19.4 Å². The van der Waals surface area contributed by atoms with E-state index >= 15 is 0 Å². The van der Waals surface area contributed by atoms with Gasteiger partial charge in [0.05, 0.1) is 6.61 Å². The number of carbonyl (C=O) groups is 1. The average Bonchev–Trinajstić information content (AvgIpc) is 3.05. The minimum atomic E-state index is -0.0621. The number of aryl methyl sites for hydroxylation is 1. The Bertz CT molecular complexity index is 959. The molecule has 1 fully saturated rings. The lowest BCUT2D eigenvalue weighted by atomic mass is 10.0. The van der Waals surface area contributed by atoms with Gasteiger partial charge in [0.1, 0.15) is 17.1 Å². The SMILES string of the molecule is CCOc1ccc(NC(=O)N2CCC(n3c(C)nc4cccnc43)CC2)cc1. The number of urea groups is 1. The van der Waals surface area contributed by atoms with Crippen LogP contribution in [-0.4, -0.2) is 45.2 Å². The number of amides is 2. The standard InChI is InChI=1S/C21H25N5O2/c1-3-28-18-8-6-16(7-9-18)24-21(27)25-13-10-17(11-14-25)26-15(2)23-19-5-4-12-22-20(19)26/h4-9,12,17H,3,10-11,13-14H2,1-2H3,(H,24,27). The molecule has 1 N–H and O–H groups in total. The van der Waals surface area contributed by atoms with Gasteiger partial charge in [-0.15, -0.1) is 0 Å². The van der Waals surface area contributed by atoms with Gasteiger partial charge in [-0.1, -0.05) is 0 Å². The monoisotopic (exact) mass is 379 g/mol. The van der Waals surface area contributed by atoms with E-state index < -0.39 is 0 Å². The van der Waals surface area contributed by atoms with Crippen LogP contribution in [0, 0.1) is 6.92 Å². The van der Waals surface area contributed by atoms with Crippen molar-refractivity contribution >= 4 is 22.9 Å². The van der Waals surface area contributed by atoms with Crippen LogP contribution in [0.5, 0.6) is 5.75 Å². The van der Waals surface area contributed by atoms with E-state index in [2.05, 4.69) is 19.9 Å². The van der Waals surface area contributed by atoms with Crippen molar-refractivity contribution in [1.29, 1.82) is 0 Å². The number of anilines is 1. The van der Waals surface area contributed by atoms with Crippen LogP contribution < -0.4 is 10.1 Å². The Morgan fingerprint density at radius 1 is 1.21 bits per heavy atom. The summed E-state index contributed by atoms with van der Waals surface area (Å²) in [6.45, 7) is 6.01. The Labute approximate surface area is 164 Å². The van der Waals surface area contributed by atoms with E-state index in [0.717, 1.165) is 41.3 Å². The molecule has 0 radical (unpaired) electrons. The third-order valence-corrected chi connectivity index (χ3v) is 5.16. The number of benzene rings is 1. The molecule has 0 unspecified atom stereocenters. The first-order valence-corrected chi connectivity index (χ1v) is 9.74. The maximum atomic E-state index is 12.6. The van der Waals surface area contributed by atoms with Gasteiger partial charge in [-0.3, -0.25) is 0 Å². The summed E-state index contributed by atoms with van der Waals surface area (Å²) in [5, 5.41) is 2.97. The number of nitrogens with zero attached hydrogens (tertiary/aromatic N) is 4. The number of hydrogen-bond donors (Lipinski definition) is 1. The summed E-state index contributed by atoms with van der Waals surface area (Å²) < 4.78 is 7.65. The number of ether oxygens (including phenoxy) is 1. The highest BCUT2D eigenvalue weighted by Crippen LogP contribution is 2.28. The van der Waals surface area contributed by atoms with Gasteiger partial charge < -0.3 is 19.5 Å². The molecule has 1 saturated heterocycles. The normalized spacial score (nSPS) is 15.0. The summed E-state index contributed by atoms with van der Waals surface area (Å²) in [5.41, 5.74) is 2.63. The molecule has 3 aromatic rings. The second-order valence-electron chi connectivity index (χ2n) is 6.98. The van der Waals surface area contributed by atoms with Crippen molar-refractivity contribution in [2.24, 2.45) is 0 Å². The minimum absolute atomic E-state index is 0.0621. The molecule has 4 rings (SSSR count). The molecule has 0 spiro atoms. The molecule has 3 heterocycles. The van der Waals surface area contributed by atoms with Crippen LogP contribution in [0.3, 0.4) is 0 Å². The zero-order valence-corrected chi connectivity index (χ0v) is 16.3. The Balaban J connectivity index is 1.38. The molecule has 7 heteroatoms. The summed E-state index contributed by atoms with van der Waals surface area (Å²) in [6, 6.07) is 11.6. The van der Waals surface area contributed by atoms with Crippen LogP contribution in [0.4, 0.5) is 10.5 Å². The van der Waals surface area contributed by atoms with Crippen LogP contribution >= 0.6 is 0 Å². The largest absolute Gasteiger partial charge is 0.494 e. The zero-order chi connectivity index (χ0) is 19.5. The third kappa shape index (κ3) is 3.65. The quantitative estimate of drug-likeness (QED) is 0.743. The maximum Gasteiger partial charge on any atom is 0.321 e. The van der Waals surface area contributed by atoms with E-state index in [1.807, 2.05) is 55.1 Å². The van der Waals surface area contributed by atoms with Gasteiger partial charge in [0.2, 0.25) is 0 Å². The van der Waals surface area contributed by atoms with Gasteiger partial charge in [-0.2, -0.15) is 0 Å². The molecular formula is C21H25N5O2. The molecule has 0 atom stereocenters. The van der Waals surface area contributed by atoms with Crippen LogP contribution in [0.1, 0.15) is 31.6 Å². The lowest BCUT2D eigenvalue weighted by Crippen LogP contribution is -2.41. The first kappa shape index (κ1) is 18.3. The molecule has 0 saturated carbocycles. The van der Waals surface area contributed by atoms with Gasteiger partial charge in [0, 0.05) is 31.0 Å². The fourth-order valence-corrected chi connectivity index (χ4v) is 3.81. The van der Waals surface area contributed by atoms with Gasteiger partial charge in [-0.25, -0.2) is 14.8 Å². The summed E-state index contributed by atoms with van der Waals surface area (Å²) in [6.07, 6.45) is 3.58. The molecule has 0 bridgehead atoms. The molecule has 1 aromatic carbocycles. The molecule has 28 heavy (non-hydrogen) atoms. The summed E-state index contributed by atoms with van der Waals surface area (Å²) in [4.78, 5) is 23.6. The highest BCUT2D eigenvalue weighted by molar-refractivity contribution is 5.89. The number of aromatic nitrogens is 3. The topological polar surface area (TPSA) is 72.3 Å². The van der Waals surface area contributed by atoms with Crippen molar-refractivity contribution in [3.63, 3.8) is 0 Å². The van der Waals surface area contributed by atoms with E-state index in [-0.39, 0.29) is 6.03 Å². The Kier molecular flexibility index (Phi) is 5.14. The average molecular weight is 379 g/mol. The Hall–Kier alpha value is -3.09. The van der Waals surface area contributed by atoms with Crippen LogP contribution in [0.15, 0.2) is 42.6 Å². The molecular weight excluding hydrogens is 354 g/mol. The zero-order valence-electron chi connectivity index (χ0n) is 16.3. The van der Waals surface area contributed by atoms with Crippen LogP contribution in [0.25, 0.3) is 11.2 Å². The lowest BCUT2D eigenvalue weighted by molar-refractivity contribution is 0.184. The fraction of sp³-hybridized carbons (Fsp3) is 0.381. The number of likely N-dealkylation sites (tertiary alicyclic amines) is 1. The molecule has 1 aliphatic heterocycles. The first-order chi connectivity index (χ1) is 13.7. The van der Waals surface area contributed by atoms with Gasteiger partial charge in [0.15, 0.2) is 5.65 Å². The van der Waals surface area contributed by atoms with Crippen LogP contribution in [-0.2, 0) is 0 Å². The van der Waals surface area contributed by atoms with E-state index in [1.54, 1.807) is 6.20 Å². The highest BCUT2D eigenvalue weighted by Gasteiger charge is 2.26. The predicted octanol–water partition coefficient (Wildman–Crippen LogP) is 4.01. The van der Waals surface area contributed by atoms with E-state index in [4.69, 9.17) is 4.74 Å². The highest BCUT2D eigenvalue weighted by atomic mass is 16.5. The van der Waals surface area contributed by atoms with Crippen molar-refractivity contribution in [3.8, 4) is 5.75 Å². The van der Waals surface area contributed by atoms with E-state index in [0.29, 0.717) is 25.7 Å². The smallest absolute Gasteiger partial charge is 0.321 e. The Morgan fingerprint density at radius 3 is 2.68 bits per heavy atom. The van der Waals surface area contributed by atoms with Gasteiger partial charge in [0.25, 0.3) is 0 Å². The number of piperidine rings is 1. The molecule has 7 nitrogen and oxygen atoms in total. The number of fused-ring (bicyclic) bond motifs is 1. The summed E-state index contributed by atoms with van der Waals surface area (Å²) in [5.74, 6) is 1.78. The second-order valence-corrected chi connectivity index (χ2v) is 6.98. The van der Waals surface area contributed by atoms with Crippen molar-refractivity contribution in [2.75, 3.05) is 25.0 Å². The number of pyridine rings is 1. The molecule has 1 aliphatic rings. The summed E-state index contributed by atoms with van der Waals surface area (Å²) in [7, 11) is 0. The number of rotatable bonds is 4. The molecule has 146 valence electrons. The third-order valence-electron chi connectivity index (χ3n) is 5.16. The van der Waals surface area contributed by atoms with E-state index in [9.17, 15) is 4.79 Å². The van der Waals surface area contributed by atoms with Gasteiger partial charge in [-0.05, 0) is 63.1 Å². The fourth-order valence-electron chi connectivity index (χ4n) is 3.81. The van der Waals surface area contributed by atoms with Gasteiger partial charge >= 0.3 is 6.03 Å². The lowest BCUT2D eigenvalue weighted by Gasteiger charge is -2.33. The van der Waals surface area contributed by atoms with Crippen molar-refractivity contribution in [3.05, 3.63) is 48.4 Å². The number of carbonyl (C=O) groups excluding carboxylic acids is 1. The number of nitrogens with one attached hydrogen (secondary N) is 1. The first-order valence-electron chi connectivity index (χ1n) is 9.74. The van der Waals surface area contributed by atoms with Crippen LogP contribution in [0.2, 0.25) is 0 Å². The molecule has 0 aliphatic carbocycles. The second kappa shape index (κ2) is 7.88. The molecule has 2 aromatic heterocycles. The van der Waals surface area contributed by atoms with E-state index in [1.165, 1.54) is 0 Å². The Morgan fingerprint density at radius 2 is 1.96 bits per heavy atom. The van der Waals surface area contributed by atoms with Crippen molar-refractivity contribution < 1.29 is 9.53 Å². The molecule has 2 amide bonds. The van der Waals surface area contributed by atoms with Crippen molar-refractivity contribution in [2.45, 2.75) is 32.7 Å². The summed E-state index contributed by atoms with van der Waals surface area (Å²) >= 11 is 0. The number of hydrogen-bond acceptors (Lipinski definition) is 4. The minimum Gasteiger partial charge on any atom is -0.494 e. The maximum absolute atomic E-state index is 12.6. The predicted molar refractivity (Wildman–Crippen MR) is 109 cm³/mol.